The van der Waals surface area contributed by atoms with Gasteiger partial charge in [0, 0.05) is 21.9 Å². The number of halogens is 2. The molecule has 1 atom stereocenters. The van der Waals surface area contributed by atoms with Gasteiger partial charge < -0.3 is 0 Å². The minimum Gasteiger partial charge on any atom is -0.271 e. The fraction of sp³-hybridized carbons (Fsp3) is 0.214. The van der Waals surface area contributed by atoms with Crippen LogP contribution in [0.4, 0.5) is 0 Å². The van der Waals surface area contributed by atoms with Crippen molar-refractivity contribution in [2.75, 3.05) is 0 Å². The van der Waals surface area contributed by atoms with Gasteiger partial charge in [0.15, 0.2) is 0 Å². The van der Waals surface area contributed by atoms with Crippen LogP contribution < -0.4 is 11.3 Å². The van der Waals surface area contributed by atoms with Gasteiger partial charge in [-0.3, -0.25) is 16.3 Å². The van der Waals surface area contributed by atoms with E-state index in [0.29, 0.717) is 16.5 Å². The molecule has 1 aromatic heterocycles. The second-order valence-electron chi connectivity index (χ2n) is 4.39. The fourth-order valence-corrected chi connectivity index (χ4v) is 2.27. The van der Waals surface area contributed by atoms with Gasteiger partial charge in [-0.1, -0.05) is 29.3 Å². The number of aromatic nitrogens is 1. The molecule has 100 valence electrons. The topological polar surface area (TPSA) is 50.9 Å². The van der Waals surface area contributed by atoms with Crippen LogP contribution >= 0.6 is 23.2 Å². The van der Waals surface area contributed by atoms with Crippen molar-refractivity contribution in [3.8, 4) is 0 Å². The number of nitrogens with two attached hydrogens (primary N) is 1. The first-order valence-electron chi connectivity index (χ1n) is 5.92. The Morgan fingerprint density at radius 1 is 1.26 bits per heavy atom. The Labute approximate surface area is 122 Å². The van der Waals surface area contributed by atoms with Gasteiger partial charge in [-0.25, -0.2) is 0 Å². The summed E-state index contributed by atoms with van der Waals surface area (Å²) in [5.74, 6) is 5.62. The Kier molecular flexibility index (Phi) is 4.77. The predicted molar refractivity (Wildman–Crippen MR) is 79.2 cm³/mol. The first-order chi connectivity index (χ1) is 9.10. The molecule has 3 N–H and O–H groups in total. The van der Waals surface area contributed by atoms with Gasteiger partial charge in [0.25, 0.3) is 0 Å². The second kappa shape index (κ2) is 6.35. The normalized spacial score (nSPS) is 12.4. The summed E-state index contributed by atoms with van der Waals surface area (Å²) in [6.07, 6.45) is 2.47. The molecular weight excluding hydrogens is 281 g/mol. The average molecular weight is 296 g/mol. The molecule has 0 saturated carbocycles. The molecule has 3 nitrogen and oxygen atoms in total. The quantitative estimate of drug-likeness (QED) is 0.671. The van der Waals surface area contributed by atoms with Crippen molar-refractivity contribution in [1.29, 1.82) is 0 Å². The van der Waals surface area contributed by atoms with E-state index >= 15 is 0 Å². The third kappa shape index (κ3) is 3.67. The molecule has 0 fully saturated rings. The molecular formula is C14H15Cl2N3. The van der Waals surface area contributed by atoms with Crippen LogP contribution in [0.15, 0.2) is 36.5 Å². The van der Waals surface area contributed by atoms with E-state index in [9.17, 15) is 0 Å². The molecule has 0 bridgehead atoms. The monoisotopic (exact) mass is 295 g/mol. The zero-order chi connectivity index (χ0) is 13.8. The molecule has 0 saturated heterocycles. The van der Waals surface area contributed by atoms with Crippen molar-refractivity contribution in [3.05, 3.63) is 63.4 Å². The lowest BCUT2D eigenvalue weighted by Crippen LogP contribution is -2.29. The largest absolute Gasteiger partial charge is 0.271 e. The number of hydrogen-bond acceptors (Lipinski definition) is 3. The van der Waals surface area contributed by atoms with Crippen molar-refractivity contribution < 1.29 is 0 Å². The Morgan fingerprint density at radius 3 is 2.68 bits per heavy atom. The molecule has 0 aliphatic rings. The van der Waals surface area contributed by atoms with Gasteiger partial charge in [-0.05, 0) is 48.7 Å². The smallest absolute Gasteiger partial charge is 0.0516 e. The summed E-state index contributed by atoms with van der Waals surface area (Å²) in [7, 11) is 0. The maximum atomic E-state index is 6.17. The maximum absolute atomic E-state index is 6.17. The van der Waals surface area contributed by atoms with Crippen molar-refractivity contribution in [1.82, 2.24) is 10.4 Å². The molecule has 2 aromatic rings. The molecule has 0 aliphatic carbocycles. The summed E-state index contributed by atoms with van der Waals surface area (Å²) in [5, 5.41) is 1.35. The molecule has 0 amide bonds. The minimum atomic E-state index is -0.0518. The van der Waals surface area contributed by atoms with Gasteiger partial charge in [0.2, 0.25) is 0 Å². The lowest BCUT2D eigenvalue weighted by atomic mass is 10.0. The first-order valence-corrected chi connectivity index (χ1v) is 6.68. The van der Waals surface area contributed by atoms with Crippen LogP contribution in [-0.4, -0.2) is 4.98 Å². The highest BCUT2D eigenvalue weighted by atomic mass is 35.5. The molecule has 5 heteroatoms. The van der Waals surface area contributed by atoms with E-state index in [1.807, 2.05) is 31.3 Å². The standard InChI is InChI=1S/C14H15Cl2N3/c1-9-2-3-10(8-18-9)14(19-17)7-11-6-12(15)4-5-13(11)16/h2-6,8,14,19H,7,17H2,1H3. The fourth-order valence-electron chi connectivity index (χ4n) is 1.88. The Morgan fingerprint density at radius 2 is 2.05 bits per heavy atom. The molecule has 1 unspecified atom stereocenters. The van der Waals surface area contributed by atoms with Gasteiger partial charge in [-0.15, -0.1) is 0 Å². The number of benzene rings is 1. The van der Waals surface area contributed by atoms with Crippen LogP contribution in [0.1, 0.15) is 22.9 Å². The SMILES string of the molecule is Cc1ccc(C(Cc2cc(Cl)ccc2Cl)NN)cn1. The summed E-state index contributed by atoms with van der Waals surface area (Å²) in [4.78, 5) is 4.27. The van der Waals surface area contributed by atoms with E-state index in [0.717, 1.165) is 16.8 Å². The third-order valence-electron chi connectivity index (χ3n) is 2.97. The Balaban J connectivity index is 2.23. The molecule has 0 aliphatic heterocycles. The highest BCUT2D eigenvalue weighted by molar-refractivity contribution is 6.33. The van der Waals surface area contributed by atoms with E-state index in [2.05, 4.69) is 10.4 Å². The molecule has 19 heavy (non-hydrogen) atoms. The number of pyridine rings is 1. The minimum absolute atomic E-state index is 0.0518. The van der Waals surface area contributed by atoms with Crippen LogP contribution in [0.5, 0.6) is 0 Å². The van der Waals surface area contributed by atoms with Crippen LogP contribution in [0.25, 0.3) is 0 Å². The summed E-state index contributed by atoms with van der Waals surface area (Å²) >= 11 is 12.2. The molecule has 1 aromatic carbocycles. The van der Waals surface area contributed by atoms with E-state index in [1.54, 1.807) is 12.1 Å². The number of hydrazine groups is 1. The Bertz CT molecular complexity index is 555. The zero-order valence-electron chi connectivity index (χ0n) is 10.5. The second-order valence-corrected chi connectivity index (χ2v) is 5.24. The van der Waals surface area contributed by atoms with Crippen molar-refractivity contribution in [2.45, 2.75) is 19.4 Å². The van der Waals surface area contributed by atoms with Gasteiger partial charge in [0.1, 0.15) is 0 Å². The van der Waals surface area contributed by atoms with E-state index in [4.69, 9.17) is 29.0 Å². The third-order valence-corrected chi connectivity index (χ3v) is 3.57. The van der Waals surface area contributed by atoms with E-state index < -0.39 is 0 Å². The predicted octanol–water partition coefficient (Wildman–Crippen LogP) is 3.44. The zero-order valence-corrected chi connectivity index (χ0v) is 12.0. The van der Waals surface area contributed by atoms with Gasteiger partial charge in [-0.2, -0.15) is 0 Å². The molecule has 2 rings (SSSR count). The molecule has 0 radical (unpaired) electrons. The van der Waals surface area contributed by atoms with Crippen molar-refractivity contribution in [2.24, 2.45) is 5.84 Å². The summed E-state index contributed by atoms with van der Waals surface area (Å²) in [6, 6.07) is 9.33. The summed E-state index contributed by atoms with van der Waals surface area (Å²) < 4.78 is 0. The highest BCUT2D eigenvalue weighted by Gasteiger charge is 2.13. The number of nitrogens with one attached hydrogen (secondary N) is 1. The number of hydrogen-bond donors (Lipinski definition) is 2. The van der Waals surface area contributed by atoms with Crippen LogP contribution in [-0.2, 0) is 6.42 Å². The Hall–Kier alpha value is -1.13. The van der Waals surface area contributed by atoms with Gasteiger partial charge in [0.05, 0.1) is 6.04 Å². The van der Waals surface area contributed by atoms with Crippen LogP contribution in [0.3, 0.4) is 0 Å². The maximum Gasteiger partial charge on any atom is 0.0516 e. The summed E-state index contributed by atoms with van der Waals surface area (Å²) in [6.45, 7) is 1.95. The molecule has 1 heterocycles. The lowest BCUT2D eigenvalue weighted by molar-refractivity contribution is 0.550. The van der Waals surface area contributed by atoms with Crippen molar-refractivity contribution in [3.63, 3.8) is 0 Å². The van der Waals surface area contributed by atoms with E-state index in [-0.39, 0.29) is 6.04 Å². The van der Waals surface area contributed by atoms with Crippen LogP contribution in [0.2, 0.25) is 10.0 Å². The first kappa shape index (κ1) is 14.3. The lowest BCUT2D eigenvalue weighted by Gasteiger charge is -2.17. The van der Waals surface area contributed by atoms with Crippen LogP contribution in [0, 0.1) is 6.92 Å². The number of aryl methyl sites for hydroxylation is 1. The average Bonchev–Trinajstić information content (AvgIpc) is 2.41. The highest BCUT2D eigenvalue weighted by Crippen LogP contribution is 2.25. The summed E-state index contributed by atoms with van der Waals surface area (Å²) in [5.41, 5.74) is 5.74. The number of rotatable bonds is 4. The van der Waals surface area contributed by atoms with E-state index in [1.165, 1.54) is 0 Å². The van der Waals surface area contributed by atoms with Crippen molar-refractivity contribution >= 4 is 23.2 Å². The van der Waals surface area contributed by atoms with Gasteiger partial charge >= 0.3 is 0 Å². The molecule has 0 spiro atoms. The number of nitrogens with zero attached hydrogens (tertiary/aromatic N) is 1.